The van der Waals surface area contributed by atoms with Gasteiger partial charge in [-0.2, -0.15) is 5.10 Å². The summed E-state index contributed by atoms with van der Waals surface area (Å²) in [6.07, 6.45) is 7.58. The van der Waals surface area contributed by atoms with Crippen LogP contribution in [0.5, 0.6) is 0 Å². The first kappa shape index (κ1) is 19.8. The molecule has 2 N–H and O–H groups in total. The van der Waals surface area contributed by atoms with Gasteiger partial charge in [0.1, 0.15) is 0 Å². The molecule has 2 rings (SSSR count). The Morgan fingerprint density at radius 2 is 2.08 bits per heavy atom. The molecule has 1 fully saturated rings. The minimum absolute atomic E-state index is 0.294. The third-order valence-electron chi connectivity index (χ3n) is 5.05. The van der Waals surface area contributed by atoms with Gasteiger partial charge < -0.3 is 15.4 Å². The van der Waals surface area contributed by atoms with Gasteiger partial charge in [0.25, 0.3) is 0 Å². The van der Waals surface area contributed by atoms with E-state index < -0.39 is 0 Å². The van der Waals surface area contributed by atoms with E-state index in [1.54, 1.807) is 0 Å². The van der Waals surface area contributed by atoms with Crippen molar-refractivity contribution in [3.63, 3.8) is 0 Å². The van der Waals surface area contributed by atoms with Crippen molar-refractivity contribution in [2.45, 2.75) is 71.4 Å². The molecule has 1 unspecified atom stereocenters. The number of nitrogens with zero attached hydrogens (tertiary/aromatic N) is 3. The van der Waals surface area contributed by atoms with E-state index in [9.17, 15) is 0 Å². The molecule has 0 spiro atoms. The summed E-state index contributed by atoms with van der Waals surface area (Å²) >= 11 is 0. The number of aryl methyl sites for hydroxylation is 2. The van der Waals surface area contributed by atoms with Crippen LogP contribution in [0.25, 0.3) is 0 Å². The van der Waals surface area contributed by atoms with Crippen molar-refractivity contribution in [1.82, 2.24) is 20.4 Å². The summed E-state index contributed by atoms with van der Waals surface area (Å²) in [7, 11) is 3.82. The normalized spacial score (nSPS) is 17.1. The van der Waals surface area contributed by atoms with E-state index in [4.69, 9.17) is 4.74 Å². The Morgan fingerprint density at radius 3 is 2.68 bits per heavy atom. The van der Waals surface area contributed by atoms with E-state index in [0.717, 1.165) is 37.6 Å². The minimum Gasteiger partial charge on any atom is -0.378 e. The highest BCUT2D eigenvalue weighted by Crippen LogP contribution is 2.20. The smallest absolute Gasteiger partial charge is 0.191 e. The fourth-order valence-corrected chi connectivity index (χ4v) is 3.48. The Balaban J connectivity index is 1.68. The largest absolute Gasteiger partial charge is 0.378 e. The summed E-state index contributed by atoms with van der Waals surface area (Å²) in [6.45, 7) is 8.09. The van der Waals surface area contributed by atoms with Gasteiger partial charge in [0, 0.05) is 39.0 Å². The first-order valence-corrected chi connectivity index (χ1v) is 9.59. The first-order valence-electron chi connectivity index (χ1n) is 9.59. The first-order chi connectivity index (χ1) is 12.0. The number of hydrogen-bond acceptors (Lipinski definition) is 3. The molecule has 1 aliphatic rings. The van der Waals surface area contributed by atoms with Gasteiger partial charge in [-0.25, -0.2) is 0 Å². The number of guanidine groups is 1. The van der Waals surface area contributed by atoms with Crippen LogP contribution in [0, 0.1) is 13.8 Å². The molecule has 0 bridgehead atoms. The highest BCUT2D eigenvalue weighted by Gasteiger charge is 2.15. The molecule has 6 heteroatoms. The predicted molar refractivity (Wildman–Crippen MR) is 103 cm³/mol. The quantitative estimate of drug-likeness (QED) is 0.430. The highest BCUT2D eigenvalue weighted by atomic mass is 16.5. The average molecular weight is 350 g/mol. The summed E-state index contributed by atoms with van der Waals surface area (Å²) in [4.78, 5) is 4.33. The molecule has 1 aromatic heterocycles. The van der Waals surface area contributed by atoms with Gasteiger partial charge in [-0.05, 0) is 52.0 Å². The fraction of sp³-hybridized carbons (Fsp3) is 0.789. The third-order valence-corrected chi connectivity index (χ3v) is 5.05. The molecule has 1 aliphatic carbocycles. The van der Waals surface area contributed by atoms with Gasteiger partial charge in [-0.1, -0.05) is 12.8 Å². The SMILES string of the molecule is CN=C(NCCCOC1CCCC1)NC(C)Cc1c(C)nn(C)c1C. The number of aromatic nitrogens is 2. The second-order valence-electron chi connectivity index (χ2n) is 7.15. The van der Waals surface area contributed by atoms with Crippen LogP contribution >= 0.6 is 0 Å². The van der Waals surface area contributed by atoms with Crippen molar-refractivity contribution in [2.24, 2.45) is 12.0 Å². The molecule has 142 valence electrons. The maximum Gasteiger partial charge on any atom is 0.191 e. The zero-order valence-electron chi connectivity index (χ0n) is 16.6. The second kappa shape index (κ2) is 9.80. The van der Waals surface area contributed by atoms with Crippen LogP contribution in [0.3, 0.4) is 0 Å². The van der Waals surface area contributed by atoms with Crippen LogP contribution in [0.4, 0.5) is 0 Å². The van der Waals surface area contributed by atoms with Gasteiger partial charge >= 0.3 is 0 Å². The van der Waals surface area contributed by atoms with Crippen LogP contribution < -0.4 is 10.6 Å². The van der Waals surface area contributed by atoms with Crippen LogP contribution in [-0.2, 0) is 18.2 Å². The second-order valence-corrected chi connectivity index (χ2v) is 7.15. The highest BCUT2D eigenvalue weighted by molar-refractivity contribution is 5.79. The molecule has 1 saturated carbocycles. The topological polar surface area (TPSA) is 63.5 Å². The molecular formula is C19H35N5O. The zero-order valence-corrected chi connectivity index (χ0v) is 16.6. The van der Waals surface area contributed by atoms with Crippen molar-refractivity contribution in [1.29, 1.82) is 0 Å². The van der Waals surface area contributed by atoms with Crippen molar-refractivity contribution >= 4 is 5.96 Å². The van der Waals surface area contributed by atoms with Crippen LogP contribution in [-0.4, -0.2) is 48.1 Å². The molecule has 0 aromatic carbocycles. The molecule has 1 aromatic rings. The van der Waals surface area contributed by atoms with Crippen molar-refractivity contribution in [3.05, 3.63) is 17.0 Å². The van der Waals surface area contributed by atoms with Gasteiger partial charge in [0.05, 0.1) is 11.8 Å². The van der Waals surface area contributed by atoms with Crippen LogP contribution in [0.15, 0.2) is 4.99 Å². The van der Waals surface area contributed by atoms with Crippen LogP contribution in [0.1, 0.15) is 56.0 Å². The molecule has 0 aliphatic heterocycles. The van der Waals surface area contributed by atoms with Gasteiger partial charge in [0.2, 0.25) is 0 Å². The molecule has 0 radical (unpaired) electrons. The number of ether oxygens (including phenoxy) is 1. The van der Waals surface area contributed by atoms with E-state index in [2.05, 4.69) is 41.5 Å². The van der Waals surface area contributed by atoms with Gasteiger partial charge in [-0.15, -0.1) is 0 Å². The van der Waals surface area contributed by atoms with Crippen LogP contribution in [0.2, 0.25) is 0 Å². The Bertz CT molecular complexity index is 560. The van der Waals surface area contributed by atoms with Gasteiger partial charge in [0.15, 0.2) is 5.96 Å². The number of nitrogens with one attached hydrogen (secondary N) is 2. The van der Waals surface area contributed by atoms with Crippen molar-refractivity contribution in [2.75, 3.05) is 20.2 Å². The maximum atomic E-state index is 5.90. The number of aliphatic imine (C=N–C) groups is 1. The summed E-state index contributed by atoms with van der Waals surface area (Å²) < 4.78 is 7.85. The Labute approximate surface area is 152 Å². The van der Waals surface area contributed by atoms with Crippen molar-refractivity contribution < 1.29 is 4.74 Å². The lowest BCUT2D eigenvalue weighted by atomic mass is 10.1. The zero-order chi connectivity index (χ0) is 18.2. The standard InChI is InChI=1S/C19H35N5O/c1-14(13-18-15(2)23-24(5)16(18)3)22-19(20-4)21-11-8-12-25-17-9-6-7-10-17/h14,17H,6-13H2,1-5H3,(H2,20,21,22). The maximum absolute atomic E-state index is 5.90. The number of hydrogen-bond donors (Lipinski definition) is 2. The Kier molecular flexibility index (Phi) is 7.75. The van der Waals surface area contributed by atoms with Crippen molar-refractivity contribution in [3.8, 4) is 0 Å². The third kappa shape index (κ3) is 6.03. The summed E-state index contributed by atoms with van der Waals surface area (Å²) in [5.41, 5.74) is 3.67. The summed E-state index contributed by atoms with van der Waals surface area (Å²) in [5.74, 6) is 0.854. The van der Waals surface area contributed by atoms with E-state index in [0.29, 0.717) is 12.1 Å². The molecule has 1 heterocycles. The van der Waals surface area contributed by atoms with E-state index in [-0.39, 0.29) is 0 Å². The lowest BCUT2D eigenvalue weighted by Crippen LogP contribution is -2.43. The predicted octanol–water partition coefficient (Wildman–Crippen LogP) is 2.48. The minimum atomic E-state index is 0.294. The molecule has 6 nitrogen and oxygen atoms in total. The monoisotopic (exact) mass is 349 g/mol. The molecule has 25 heavy (non-hydrogen) atoms. The van der Waals surface area contributed by atoms with E-state index in [1.807, 2.05) is 18.8 Å². The molecule has 0 amide bonds. The molecule has 0 saturated heterocycles. The fourth-order valence-electron chi connectivity index (χ4n) is 3.48. The summed E-state index contributed by atoms with van der Waals surface area (Å²) in [6, 6.07) is 0.294. The Hall–Kier alpha value is -1.56. The number of rotatable bonds is 8. The molecular weight excluding hydrogens is 314 g/mol. The van der Waals surface area contributed by atoms with E-state index >= 15 is 0 Å². The van der Waals surface area contributed by atoms with E-state index in [1.165, 1.54) is 36.9 Å². The van der Waals surface area contributed by atoms with Gasteiger partial charge in [-0.3, -0.25) is 9.67 Å². The molecule has 1 atom stereocenters. The summed E-state index contributed by atoms with van der Waals surface area (Å²) in [5, 5.41) is 11.4. The Morgan fingerprint density at radius 1 is 1.36 bits per heavy atom. The lowest BCUT2D eigenvalue weighted by Gasteiger charge is -2.18. The lowest BCUT2D eigenvalue weighted by molar-refractivity contribution is 0.0574. The average Bonchev–Trinajstić information content (AvgIpc) is 3.18.